The lowest BCUT2D eigenvalue weighted by Gasteiger charge is -2.17. The molecule has 3 N–H and O–H groups in total. The van der Waals surface area contributed by atoms with Crippen LogP contribution in [0.25, 0.3) is 0 Å². The van der Waals surface area contributed by atoms with Gasteiger partial charge in [0.2, 0.25) is 5.91 Å². The quantitative estimate of drug-likeness (QED) is 0.640. The number of benzene rings is 1. The number of halogens is 1. The molecular formula is C12H16BrN3O3. The van der Waals surface area contributed by atoms with E-state index in [-0.39, 0.29) is 17.5 Å². The van der Waals surface area contributed by atoms with Gasteiger partial charge < -0.3 is 11.1 Å². The summed E-state index contributed by atoms with van der Waals surface area (Å²) in [7, 11) is 0. The van der Waals surface area contributed by atoms with Crippen LogP contribution in [0.2, 0.25) is 0 Å². The maximum atomic E-state index is 11.9. The summed E-state index contributed by atoms with van der Waals surface area (Å²) in [4.78, 5) is 22.0. The van der Waals surface area contributed by atoms with Crippen LogP contribution in [0.5, 0.6) is 0 Å². The van der Waals surface area contributed by atoms with Gasteiger partial charge in [-0.2, -0.15) is 0 Å². The summed E-state index contributed by atoms with van der Waals surface area (Å²) in [5.74, 6) is -0.225. The van der Waals surface area contributed by atoms with Crippen molar-refractivity contribution in [1.82, 2.24) is 0 Å². The van der Waals surface area contributed by atoms with E-state index in [2.05, 4.69) is 21.2 Å². The largest absolute Gasteiger partial charge is 0.325 e. The van der Waals surface area contributed by atoms with Crippen molar-refractivity contribution in [1.29, 1.82) is 0 Å². The van der Waals surface area contributed by atoms with E-state index in [1.54, 1.807) is 0 Å². The lowest BCUT2D eigenvalue weighted by Crippen LogP contribution is -2.40. The van der Waals surface area contributed by atoms with E-state index in [4.69, 9.17) is 5.73 Å². The first-order valence-electron chi connectivity index (χ1n) is 5.87. The monoisotopic (exact) mass is 329 g/mol. The molecule has 0 spiro atoms. The van der Waals surface area contributed by atoms with Crippen molar-refractivity contribution in [2.24, 2.45) is 11.7 Å². The number of nitro benzene ring substituents is 1. The number of amides is 1. The molecule has 0 aliphatic rings. The van der Waals surface area contributed by atoms with Crippen LogP contribution in [0.3, 0.4) is 0 Å². The number of anilines is 1. The zero-order valence-electron chi connectivity index (χ0n) is 10.7. The third kappa shape index (κ3) is 4.00. The number of hydrogen-bond donors (Lipinski definition) is 2. The molecule has 2 atom stereocenters. The molecule has 2 unspecified atom stereocenters. The maximum absolute atomic E-state index is 11.9. The average molecular weight is 330 g/mol. The summed E-state index contributed by atoms with van der Waals surface area (Å²) in [5.41, 5.74) is 6.22. The van der Waals surface area contributed by atoms with E-state index >= 15 is 0 Å². The summed E-state index contributed by atoms with van der Waals surface area (Å²) >= 11 is 3.09. The van der Waals surface area contributed by atoms with E-state index in [9.17, 15) is 14.9 Å². The summed E-state index contributed by atoms with van der Waals surface area (Å²) < 4.78 is 0.312. The number of nitrogens with two attached hydrogens (primary N) is 1. The Morgan fingerprint density at radius 3 is 2.68 bits per heavy atom. The molecular weight excluding hydrogens is 314 g/mol. The minimum absolute atomic E-state index is 0.0516. The second-order valence-electron chi connectivity index (χ2n) is 4.32. The predicted octanol–water partition coefficient (Wildman–Crippen LogP) is 2.67. The second-order valence-corrected chi connectivity index (χ2v) is 5.18. The van der Waals surface area contributed by atoms with Crippen LogP contribution in [0, 0.1) is 16.0 Å². The molecule has 0 saturated heterocycles. The van der Waals surface area contributed by atoms with Gasteiger partial charge in [-0.25, -0.2) is 0 Å². The zero-order chi connectivity index (χ0) is 14.6. The van der Waals surface area contributed by atoms with Crippen LogP contribution in [-0.4, -0.2) is 16.9 Å². The van der Waals surface area contributed by atoms with Gasteiger partial charge in [-0.3, -0.25) is 14.9 Å². The van der Waals surface area contributed by atoms with Gasteiger partial charge in [0.1, 0.15) is 0 Å². The number of rotatable bonds is 5. The molecule has 19 heavy (non-hydrogen) atoms. The fourth-order valence-electron chi connectivity index (χ4n) is 1.47. The normalized spacial score (nSPS) is 13.7. The van der Waals surface area contributed by atoms with Gasteiger partial charge >= 0.3 is 0 Å². The summed E-state index contributed by atoms with van der Waals surface area (Å²) in [6.07, 6.45) is 0.804. The minimum atomic E-state index is -0.598. The highest BCUT2D eigenvalue weighted by atomic mass is 79.9. The van der Waals surface area contributed by atoms with E-state index in [1.165, 1.54) is 18.2 Å². The van der Waals surface area contributed by atoms with Crippen molar-refractivity contribution in [3.8, 4) is 0 Å². The van der Waals surface area contributed by atoms with Crippen molar-refractivity contribution >= 4 is 33.2 Å². The highest BCUT2D eigenvalue weighted by molar-refractivity contribution is 9.10. The lowest BCUT2D eigenvalue weighted by atomic mass is 9.99. The van der Waals surface area contributed by atoms with Crippen LogP contribution >= 0.6 is 15.9 Å². The third-order valence-corrected chi connectivity index (χ3v) is 3.61. The molecule has 0 aromatic heterocycles. The van der Waals surface area contributed by atoms with Gasteiger partial charge in [0, 0.05) is 11.8 Å². The van der Waals surface area contributed by atoms with Gasteiger partial charge in [-0.15, -0.1) is 0 Å². The van der Waals surface area contributed by atoms with Crippen molar-refractivity contribution in [3.63, 3.8) is 0 Å². The predicted molar refractivity (Wildman–Crippen MR) is 76.9 cm³/mol. The highest BCUT2D eigenvalue weighted by Crippen LogP contribution is 2.27. The Balaban J connectivity index is 2.81. The smallest absolute Gasteiger partial charge is 0.283 e. The molecule has 0 saturated carbocycles. The van der Waals surface area contributed by atoms with E-state index in [0.717, 1.165) is 6.42 Å². The number of carbonyl (C=O) groups excluding carboxylic acids is 1. The highest BCUT2D eigenvalue weighted by Gasteiger charge is 2.20. The number of hydrogen-bond acceptors (Lipinski definition) is 4. The average Bonchev–Trinajstić information content (AvgIpc) is 2.36. The van der Waals surface area contributed by atoms with Crippen LogP contribution in [0.15, 0.2) is 22.7 Å². The molecule has 1 aromatic rings. The Labute approximate surface area is 119 Å². The summed E-state index contributed by atoms with van der Waals surface area (Å²) in [6, 6.07) is 3.69. The first-order chi connectivity index (χ1) is 8.86. The number of nitrogens with zero attached hydrogens (tertiary/aromatic N) is 1. The van der Waals surface area contributed by atoms with Crippen LogP contribution in [0.1, 0.15) is 20.3 Å². The molecule has 0 heterocycles. The molecule has 0 radical (unpaired) electrons. The Morgan fingerprint density at radius 1 is 1.58 bits per heavy atom. The van der Waals surface area contributed by atoms with E-state index in [0.29, 0.717) is 10.2 Å². The van der Waals surface area contributed by atoms with Gasteiger partial charge in [0.05, 0.1) is 15.4 Å². The van der Waals surface area contributed by atoms with Crippen molar-refractivity contribution in [2.75, 3.05) is 5.32 Å². The number of carbonyl (C=O) groups is 1. The van der Waals surface area contributed by atoms with Gasteiger partial charge in [0.15, 0.2) is 0 Å². The van der Waals surface area contributed by atoms with Gasteiger partial charge in [-0.1, -0.05) is 20.3 Å². The number of nitrogens with one attached hydrogen (secondary N) is 1. The van der Waals surface area contributed by atoms with Crippen LogP contribution < -0.4 is 11.1 Å². The first kappa shape index (κ1) is 15.6. The Bertz CT molecular complexity index is 493. The van der Waals surface area contributed by atoms with Crippen molar-refractivity contribution in [2.45, 2.75) is 26.3 Å². The summed E-state index contributed by atoms with van der Waals surface area (Å²) in [6.45, 7) is 3.86. The molecule has 0 aliphatic heterocycles. The van der Waals surface area contributed by atoms with Crippen molar-refractivity contribution < 1.29 is 9.72 Å². The van der Waals surface area contributed by atoms with Crippen molar-refractivity contribution in [3.05, 3.63) is 32.8 Å². The lowest BCUT2D eigenvalue weighted by molar-refractivity contribution is -0.385. The van der Waals surface area contributed by atoms with Crippen LogP contribution in [-0.2, 0) is 4.79 Å². The molecule has 1 amide bonds. The molecule has 7 heteroatoms. The Morgan fingerprint density at radius 2 is 2.21 bits per heavy atom. The molecule has 1 rings (SSSR count). The molecule has 104 valence electrons. The van der Waals surface area contributed by atoms with E-state index < -0.39 is 11.0 Å². The van der Waals surface area contributed by atoms with E-state index in [1.807, 2.05) is 13.8 Å². The first-order valence-corrected chi connectivity index (χ1v) is 6.66. The fourth-order valence-corrected chi connectivity index (χ4v) is 1.99. The zero-order valence-corrected chi connectivity index (χ0v) is 12.3. The SMILES string of the molecule is CCC(C)C(N)C(=O)Nc1ccc([N+](=O)[O-])c(Br)c1. The molecule has 6 nitrogen and oxygen atoms in total. The topological polar surface area (TPSA) is 98.3 Å². The molecule has 1 aromatic carbocycles. The Kier molecular flexibility index (Phi) is 5.44. The standard InChI is InChI=1S/C12H16BrN3O3/c1-3-7(2)11(14)12(17)15-8-4-5-10(16(18)19)9(13)6-8/h4-7,11H,3,14H2,1-2H3,(H,15,17). The molecule has 0 fully saturated rings. The fraction of sp³-hybridized carbons (Fsp3) is 0.417. The van der Waals surface area contributed by atoms with Gasteiger partial charge in [0.25, 0.3) is 5.69 Å². The Hall–Kier alpha value is -1.47. The molecule has 0 aliphatic carbocycles. The second kappa shape index (κ2) is 6.63. The number of nitro groups is 1. The minimum Gasteiger partial charge on any atom is -0.325 e. The summed E-state index contributed by atoms with van der Waals surface area (Å²) in [5, 5.41) is 13.3. The third-order valence-electron chi connectivity index (χ3n) is 2.97. The maximum Gasteiger partial charge on any atom is 0.283 e. The van der Waals surface area contributed by atoms with Crippen LogP contribution in [0.4, 0.5) is 11.4 Å². The molecule has 0 bridgehead atoms. The van der Waals surface area contributed by atoms with Gasteiger partial charge in [-0.05, 0) is 34.0 Å².